The quantitative estimate of drug-likeness (QED) is 0.196. The molecule has 5 heteroatoms. The summed E-state index contributed by atoms with van der Waals surface area (Å²) in [6.07, 6.45) is 0. The summed E-state index contributed by atoms with van der Waals surface area (Å²) in [6, 6.07) is 43.1. The third kappa shape index (κ3) is 3.23. The first kappa shape index (κ1) is 23.1. The lowest BCUT2D eigenvalue weighted by atomic mass is 9.99. The number of rotatable bonds is 2. The van der Waals surface area contributed by atoms with Gasteiger partial charge in [0.25, 0.3) is 0 Å². The fourth-order valence-electron chi connectivity index (χ4n) is 6.24. The van der Waals surface area contributed by atoms with Crippen LogP contribution in [-0.2, 0) is 4.57 Å². The number of hydrogen-bond acceptors (Lipinski definition) is 4. The molecular formula is C36H21O3PS. The number of ether oxygens (including phenoxy) is 2. The molecule has 3 nitrogen and oxygen atoms in total. The molecule has 1 atom stereocenters. The first-order valence-corrected chi connectivity index (χ1v) is 16.1. The van der Waals surface area contributed by atoms with E-state index in [4.69, 9.17) is 9.47 Å². The second-order valence-electron chi connectivity index (χ2n) is 10.4. The van der Waals surface area contributed by atoms with Gasteiger partial charge in [-0.25, -0.2) is 0 Å². The zero-order chi connectivity index (χ0) is 27.1. The van der Waals surface area contributed by atoms with Crippen molar-refractivity contribution in [3.8, 4) is 45.3 Å². The summed E-state index contributed by atoms with van der Waals surface area (Å²) >= 11 is 1.84. The largest absolute Gasteiger partial charge is 0.456 e. The van der Waals surface area contributed by atoms with Crippen LogP contribution in [0, 0.1) is 0 Å². The van der Waals surface area contributed by atoms with E-state index in [0.717, 1.165) is 16.4 Å². The van der Waals surface area contributed by atoms with Crippen molar-refractivity contribution in [1.29, 1.82) is 0 Å². The van der Waals surface area contributed by atoms with Crippen molar-refractivity contribution in [1.82, 2.24) is 0 Å². The highest BCUT2D eigenvalue weighted by molar-refractivity contribution is 7.86. The highest BCUT2D eigenvalue weighted by Gasteiger charge is 2.46. The summed E-state index contributed by atoms with van der Waals surface area (Å²) in [5.74, 6) is 2.47. The monoisotopic (exact) mass is 564 g/mol. The summed E-state index contributed by atoms with van der Waals surface area (Å²) < 4.78 is 30.1. The molecule has 0 spiro atoms. The normalized spacial score (nSPS) is 16.4. The zero-order valence-electron chi connectivity index (χ0n) is 21.7. The Morgan fingerprint density at radius 2 is 1.15 bits per heavy atom. The van der Waals surface area contributed by atoms with E-state index >= 15 is 4.57 Å². The van der Waals surface area contributed by atoms with Crippen LogP contribution in [0.25, 0.3) is 42.4 Å². The molecule has 2 aliphatic rings. The zero-order valence-corrected chi connectivity index (χ0v) is 23.4. The number of benzene rings is 6. The van der Waals surface area contributed by atoms with Gasteiger partial charge in [0.1, 0.15) is 28.3 Å². The molecule has 0 saturated carbocycles. The second-order valence-corrected chi connectivity index (χ2v) is 14.1. The van der Waals surface area contributed by atoms with Gasteiger partial charge in [0.2, 0.25) is 0 Å². The maximum absolute atomic E-state index is 15.0. The van der Waals surface area contributed by atoms with Crippen LogP contribution in [0.15, 0.2) is 127 Å². The third-order valence-electron chi connectivity index (χ3n) is 8.15. The van der Waals surface area contributed by atoms with Crippen molar-refractivity contribution in [2.24, 2.45) is 0 Å². The van der Waals surface area contributed by atoms with E-state index in [2.05, 4.69) is 72.8 Å². The molecule has 0 N–H and O–H groups in total. The molecule has 0 amide bonds. The van der Waals surface area contributed by atoms with Crippen LogP contribution in [-0.4, -0.2) is 0 Å². The molecule has 0 radical (unpaired) electrons. The number of thiophene rings is 1. The molecule has 194 valence electrons. The smallest absolute Gasteiger partial charge is 0.185 e. The Bertz CT molecular complexity index is 2250. The number of fused-ring (bicyclic) bond motifs is 7. The van der Waals surface area contributed by atoms with Crippen molar-refractivity contribution in [3.63, 3.8) is 0 Å². The van der Waals surface area contributed by atoms with E-state index in [1.165, 1.54) is 31.3 Å². The minimum absolute atomic E-state index is 0.594. The predicted octanol–water partition coefficient (Wildman–Crippen LogP) is 9.24. The van der Waals surface area contributed by atoms with E-state index in [-0.39, 0.29) is 0 Å². The standard InChI is InChI=1S/C36H21O3PS/c37-40-32-13-3-2-10-28(32)38-29-11-6-12-30(35(29)40)39-31-21-24(19-20-33(31)40)22-15-17-23(18-16-22)25-8-5-9-27-26-7-1-4-14-34(26)41-36(25)27/h1-21H. The molecule has 2 aliphatic heterocycles. The van der Waals surface area contributed by atoms with Gasteiger partial charge in [0, 0.05) is 20.2 Å². The van der Waals surface area contributed by atoms with E-state index < -0.39 is 7.14 Å². The average molecular weight is 565 g/mol. The van der Waals surface area contributed by atoms with Crippen LogP contribution in [0.3, 0.4) is 0 Å². The summed E-state index contributed by atoms with van der Waals surface area (Å²) in [4.78, 5) is 0. The Labute approximate surface area is 240 Å². The lowest BCUT2D eigenvalue weighted by Gasteiger charge is -2.34. The van der Waals surface area contributed by atoms with Gasteiger partial charge in [-0.2, -0.15) is 0 Å². The highest BCUT2D eigenvalue weighted by Crippen LogP contribution is 2.58. The molecule has 9 rings (SSSR count). The maximum Gasteiger partial charge on any atom is 0.185 e. The van der Waals surface area contributed by atoms with Crippen LogP contribution in [0.4, 0.5) is 0 Å². The Hall–Kier alpha value is -4.63. The number of hydrogen-bond donors (Lipinski definition) is 0. The van der Waals surface area contributed by atoms with Gasteiger partial charge >= 0.3 is 0 Å². The molecule has 0 aliphatic carbocycles. The Morgan fingerprint density at radius 3 is 2.02 bits per heavy atom. The Kier molecular flexibility index (Phi) is 4.76. The van der Waals surface area contributed by atoms with Crippen LogP contribution >= 0.6 is 18.5 Å². The van der Waals surface area contributed by atoms with Gasteiger partial charge in [-0.3, -0.25) is 0 Å². The minimum atomic E-state index is -3.16. The van der Waals surface area contributed by atoms with Gasteiger partial charge in [-0.1, -0.05) is 84.9 Å². The topological polar surface area (TPSA) is 35.5 Å². The molecule has 3 heterocycles. The second kappa shape index (κ2) is 8.44. The summed E-state index contributed by atoms with van der Waals surface area (Å²) in [7, 11) is -3.16. The van der Waals surface area contributed by atoms with Crippen molar-refractivity contribution < 1.29 is 14.0 Å². The molecule has 41 heavy (non-hydrogen) atoms. The van der Waals surface area contributed by atoms with Gasteiger partial charge in [-0.05, 0) is 64.7 Å². The van der Waals surface area contributed by atoms with Crippen LogP contribution < -0.4 is 25.4 Å². The maximum atomic E-state index is 15.0. The first-order valence-electron chi connectivity index (χ1n) is 13.5. The molecule has 7 aromatic rings. The summed E-state index contributed by atoms with van der Waals surface area (Å²) in [6.45, 7) is 0. The van der Waals surface area contributed by atoms with Crippen LogP contribution in [0.2, 0.25) is 0 Å². The first-order chi connectivity index (χ1) is 20.2. The van der Waals surface area contributed by atoms with Gasteiger partial charge in [0.05, 0.1) is 10.6 Å². The fourth-order valence-corrected chi connectivity index (χ4v) is 10.5. The van der Waals surface area contributed by atoms with Crippen LogP contribution in [0.5, 0.6) is 23.0 Å². The third-order valence-corrected chi connectivity index (χ3v) is 12.5. The van der Waals surface area contributed by atoms with Crippen LogP contribution in [0.1, 0.15) is 0 Å². The predicted molar refractivity (Wildman–Crippen MR) is 170 cm³/mol. The van der Waals surface area contributed by atoms with Gasteiger partial charge in [-0.15, -0.1) is 11.3 Å². The molecule has 1 unspecified atom stereocenters. The molecule has 6 aromatic carbocycles. The lowest BCUT2D eigenvalue weighted by Crippen LogP contribution is -2.34. The Morgan fingerprint density at radius 1 is 0.512 bits per heavy atom. The van der Waals surface area contributed by atoms with Crippen molar-refractivity contribution in [2.75, 3.05) is 0 Å². The molecule has 1 aromatic heterocycles. The van der Waals surface area contributed by atoms with Crippen molar-refractivity contribution in [3.05, 3.63) is 127 Å². The minimum Gasteiger partial charge on any atom is -0.456 e. The molecule has 0 saturated heterocycles. The van der Waals surface area contributed by atoms with Crippen molar-refractivity contribution in [2.45, 2.75) is 0 Å². The fraction of sp³-hybridized carbons (Fsp3) is 0. The van der Waals surface area contributed by atoms with Gasteiger partial charge in [0.15, 0.2) is 7.14 Å². The molecular weight excluding hydrogens is 543 g/mol. The average Bonchev–Trinajstić information content (AvgIpc) is 3.40. The van der Waals surface area contributed by atoms with Gasteiger partial charge < -0.3 is 14.0 Å². The van der Waals surface area contributed by atoms with E-state index in [1.807, 2.05) is 65.9 Å². The molecule has 0 bridgehead atoms. The van der Waals surface area contributed by atoms with E-state index in [0.29, 0.717) is 33.6 Å². The van der Waals surface area contributed by atoms with Crippen molar-refractivity contribution >= 4 is 54.6 Å². The Balaban J connectivity index is 1.14. The van der Waals surface area contributed by atoms with E-state index in [9.17, 15) is 0 Å². The summed E-state index contributed by atoms with van der Waals surface area (Å²) in [5, 5.41) is 4.69. The summed E-state index contributed by atoms with van der Waals surface area (Å²) in [5.41, 5.74) is 4.52. The SMILES string of the molecule is O=P12c3ccccc3Oc3cccc(c31)Oc1cc(-c3ccc(-c4cccc5c4sc4ccccc45)cc3)ccc12. The highest BCUT2D eigenvalue weighted by atomic mass is 32.1. The molecule has 0 fully saturated rings. The van der Waals surface area contributed by atoms with E-state index in [1.54, 1.807) is 0 Å². The lowest BCUT2D eigenvalue weighted by molar-refractivity contribution is 0.462. The number of para-hydroxylation sites is 1.